The summed E-state index contributed by atoms with van der Waals surface area (Å²) in [6, 6.07) is 0. The molecule has 0 saturated carbocycles. The fraction of sp³-hybridized carbons (Fsp3) is 1.00. The third-order valence-electron chi connectivity index (χ3n) is 2.79. The summed E-state index contributed by atoms with van der Waals surface area (Å²) in [5, 5.41) is 0. The maximum Gasteiger partial charge on any atom is 0.0829 e. The number of likely N-dealkylation sites (N-methyl/N-ethyl adjacent to an activating group) is 1. The predicted octanol–water partition coefficient (Wildman–Crippen LogP) is -0.0123. The number of hydrogen-bond acceptors (Lipinski definition) is 4. The summed E-state index contributed by atoms with van der Waals surface area (Å²) < 4.78 is 5.75. The second-order valence-corrected chi connectivity index (χ2v) is 4.34. The average Bonchev–Trinajstić information content (AvgIpc) is 2.18. The van der Waals surface area contributed by atoms with Gasteiger partial charge in [0.2, 0.25) is 0 Å². The summed E-state index contributed by atoms with van der Waals surface area (Å²) in [4.78, 5) is 4.74. The Kier molecular flexibility index (Phi) is 6.17. The Balaban J connectivity index is 2.28. The molecule has 4 heteroatoms. The zero-order valence-corrected chi connectivity index (χ0v) is 10.1. The Hall–Kier alpha value is -0.160. The standard InChI is InChI=1S/C11H25N3O/c1-3-5-14(6-4-12)10-11-9-13(2)7-8-15-11/h11H,3-10,12H2,1-2H3. The first kappa shape index (κ1) is 12.9. The fourth-order valence-corrected chi connectivity index (χ4v) is 2.06. The highest BCUT2D eigenvalue weighted by atomic mass is 16.5. The molecule has 0 bridgehead atoms. The monoisotopic (exact) mass is 215 g/mol. The Morgan fingerprint density at radius 3 is 2.87 bits per heavy atom. The molecular weight excluding hydrogens is 190 g/mol. The van der Waals surface area contributed by atoms with Gasteiger partial charge in [0.05, 0.1) is 12.7 Å². The van der Waals surface area contributed by atoms with E-state index in [0.717, 1.165) is 45.9 Å². The smallest absolute Gasteiger partial charge is 0.0829 e. The Bertz CT molecular complexity index is 157. The molecule has 15 heavy (non-hydrogen) atoms. The Morgan fingerprint density at radius 1 is 1.47 bits per heavy atom. The van der Waals surface area contributed by atoms with Crippen molar-refractivity contribution < 1.29 is 4.74 Å². The number of ether oxygens (including phenoxy) is 1. The highest BCUT2D eigenvalue weighted by Crippen LogP contribution is 2.05. The molecule has 1 fully saturated rings. The van der Waals surface area contributed by atoms with Crippen LogP contribution < -0.4 is 5.73 Å². The van der Waals surface area contributed by atoms with Gasteiger partial charge >= 0.3 is 0 Å². The van der Waals surface area contributed by atoms with Crippen molar-refractivity contribution in [2.45, 2.75) is 19.4 Å². The first-order valence-corrected chi connectivity index (χ1v) is 5.98. The van der Waals surface area contributed by atoms with E-state index in [0.29, 0.717) is 6.10 Å². The maximum atomic E-state index is 5.75. The quantitative estimate of drug-likeness (QED) is 0.676. The number of nitrogens with zero attached hydrogens (tertiary/aromatic N) is 2. The van der Waals surface area contributed by atoms with Gasteiger partial charge in [-0.2, -0.15) is 0 Å². The van der Waals surface area contributed by atoms with E-state index in [1.54, 1.807) is 0 Å². The fourth-order valence-electron chi connectivity index (χ4n) is 2.06. The minimum Gasteiger partial charge on any atom is -0.374 e. The van der Waals surface area contributed by atoms with Gasteiger partial charge in [0.15, 0.2) is 0 Å². The molecule has 0 aromatic carbocycles. The minimum absolute atomic E-state index is 0.363. The molecule has 1 aliphatic rings. The molecule has 1 atom stereocenters. The van der Waals surface area contributed by atoms with E-state index in [9.17, 15) is 0 Å². The molecule has 0 spiro atoms. The van der Waals surface area contributed by atoms with E-state index in [2.05, 4.69) is 23.8 Å². The van der Waals surface area contributed by atoms with Gasteiger partial charge in [0.1, 0.15) is 0 Å². The highest BCUT2D eigenvalue weighted by Gasteiger charge is 2.19. The van der Waals surface area contributed by atoms with E-state index >= 15 is 0 Å². The molecule has 4 nitrogen and oxygen atoms in total. The van der Waals surface area contributed by atoms with E-state index in [-0.39, 0.29) is 0 Å². The van der Waals surface area contributed by atoms with Crippen LogP contribution >= 0.6 is 0 Å². The molecule has 0 aromatic heterocycles. The summed E-state index contributed by atoms with van der Waals surface area (Å²) >= 11 is 0. The molecule has 0 aromatic rings. The second-order valence-electron chi connectivity index (χ2n) is 4.34. The van der Waals surface area contributed by atoms with Crippen LogP contribution in [-0.2, 0) is 4.74 Å². The zero-order chi connectivity index (χ0) is 11.1. The summed E-state index contributed by atoms with van der Waals surface area (Å²) in [6.07, 6.45) is 1.55. The molecular formula is C11H25N3O. The first-order chi connectivity index (χ1) is 7.26. The lowest BCUT2D eigenvalue weighted by Gasteiger charge is -2.33. The minimum atomic E-state index is 0.363. The van der Waals surface area contributed by atoms with Gasteiger partial charge in [-0.15, -0.1) is 0 Å². The highest BCUT2D eigenvalue weighted by molar-refractivity contribution is 4.73. The molecule has 0 amide bonds. The van der Waals surface area contributed by atoms with Gasteiger partial charge in [-0.05, 0) is 20.0 Å². The van der Waals surface area contributed by atoms with Gasteiger partial charge in [0.25, 0.3) is 0 Å². The zero-order valence-electron chi connectivity index (χ0n) is 10.1. The van der Waals surface area contributed by atoms with Crippen molar-refractivity contribution in [3.63, 3.8) is 0 Å². The Morgan fingerprint density at radius 2 is 2.27 bits per heavy atom. The van der Waals surface area contributed by atoms with Crippen LogP contribution in [0.2, 0.25) is 0 Å². The lowest BCUT2D eigenvalue weighted by molar-refractivity contribution is -0.0352. The van der Waals surface area contributed by atoms with Crippen molar-refractivity contribution in [1.29, 1.82) is 0 Å². The van der Waals surface area contributed by atoms with E-state index in [4.69, 9.17) is 10.5 Å². The molecule has 1 saturated heterocycles. The van der Waals surface area contributed by atoms with E-state index in [1.165, 1.54) is 6.42 Å². The van der Waals surface area contributed by atoms with Gasteiger partial charge in [-0.3, -0.25) is 4.90 Å². The first-order valence-electron chi connectivity index (χ1n) is 5.98. The third-order valence-corrected chi connectivity index (χ3v) is 2.79. The van der Waals surface area contributed by atoms with Crippen LogP contribution in [0.1, 0.15) is 13.3 Å². The summed E-state index contributed by atoms with van der Waals surface area (Å²) in [5.74, 6) is 0. The topological polar surface area (TPSA) is 41.7 Å². The number of nitrogens with two attached hydrogens (primary N) is 1. The largest absolute Gasteiger partial charge is 0.374 e. The number of morpholine rings is 1. The van der Waals surface area contributed by atoms with Gasteiger partial charge < -0.3 is 15.4 Å². The van der Waals surface area contributed by atoms with Crippen molar-refractivity contribution in [3.8, 4) is 0 Å². The molecule has 0 radical (unpaired) electrons. The van der Waals surface area contributed by atoms with Crippen LogP contribution in [-0.4, -0.2) is 68.8 Å². The van der Waals surface area contributed by atoms with Crippen LogP contribution in [0.15, 0.2) is 0 Å². The van der Waals surface area contributed by atoms with Crippen LogP contribution in [0.3, 0.4) is 0 Å². The maximum absolute atomic E-state index is 5.75. The molecule has 0 aliphatic carbocycles. The van der Waals surface area contributed by atoms with Crippen molar-refractivity contribution in [1.82, 2.24) is 9.80 Å². The van der Waals surface area contributed by atoms with Crippen LogP contribution in [0.25, 0.3) is 0 Å². The molecule has 1 rings (SSSR count). The predicted molar refractivity (Wildman–Crippen MR) is 63.0 cm³/mol. The summed E-state index contributed by atoms with van der Waals surface area (Å²) in [7, 11) is 2.16. The van der Waals surface area contributed by atoms with Gasteiger partial charge in [-0.25, -0.2) is 0 Å². The lowest BCUT2D eigenvalue weighted by Crippen LogP contribution is -2.47. The van der Waals surface area contributed by atoms with Crippen LogP contribution in [0.4, 0.5) is 0 Å². The average molecular weight is 215 g/mol. The van der Waals surface area contributed by atoms with Gasteiger partial charge in [0, 0.05) is 32.7 Å². The number of hydrogen-bond donors (Lipinski definition) is 1. The van der Waals surface area contributed by atoms with E-state index in [1.807, 2.05) is 0 Å². The Labute approximate surface area is 93.4 Å². The van der Waals surface area contributed by atoms with Crippen molar-refractivity contribution in [3.05, 3.63) is 0 Å². The van der Waals surface area contributed by atoms with Crippen LogP contribution in [0.5, 0.6) is 0 Å². The molecule has 1 unspecified atom stereocenters. The SMILES string of the molecule is CCCN(CCN)CC1CN(C)CCO1. The molecule has 1 heterocycles. The molecule has 1 aliphatic heterocycles. The second kappa shape index (κ2) is 7.17. The van der Waals surface area contributed by atoms with E-state index < -0.39 is 0 Å². The molecule has 90 valence electrons. The summed E-state index contributed by atoms with van der Waals surface area (Å²) in [6.45, 7) is 9.04. The molecule has 2 N–H and O–H groups in total. The van der Waals surface area contributed by atoms with Crippen molar-refractivity contribution in [2.24, 2.45) is 5.73 Å². The van der Waals surface area contributed by atoms with Crippen molar-refractivity contribution in [2.75, 3.05) is 52.9 Å². The van der Waals surface area contributed by atoms with Crippen LogP contribution in [0, 0.1) is 0 Å². The van der Waals surface area contributed by atoms with Gasteiger partial charge in [-0.1, -0.05) is 6.92 Å². The normalized spacial score (nSPS) is 23.6. The lowest BCUT2D eigenvalue weighted by atomic mass is 10.2. The van der Waals surface area contributed by atoms with Crippen molar-refractivity contribution >= 4 is 0 Å². The summed E-state index contributed by atoms with van der Waals surface area (Å²) in [5.41, 5.74) is 5.60. The number of rotatable bonds is 6. The third kappa shape index (κ3) is 4.93.